The van der Waals surface area contributed by atoms with Crippen LogP contribution in [0.25, 0.3) is 0 Å². The van der Waals surface area contributed by atoms with Crippen molar-refractivity contribution in [3.8, 4) is 23.3 Å². The van der Waals surface area contributed by atoms with Gasteiger partial charge >= 0.3 is 0 Å². The van der Waals surface area contributed by atoms with Gasteiger partial charge in [-0.15, -0.1) is 11.8 Å². The molecule has 17 heavy (non-hydrogen) atoms. The number of benzene rings is 1. The number of hydrogen-bond donors (Lipinski definition) is 1. The summed E-state index contributed by atoms with van der Waals surface area (Å²) in [4.78, 5) is 0. The van der Waals surface area contributed by atoms with Gasteiger partial charge in [-0.2, -0.15) is 0 Å². The molecule has 0 aromatic heterocycles. The Kier molecular flexibility index (Phi) is 5.98. The van der Waals surface area contributed by atoms with E-state index in [1.807, 2.05) is 32.2 Å². The largest absolute Gasteiger partial charge is 0.493 e. The summed E-state index contributed by atoms with van der Waals surface area (Å²) >= 11 is 0. The zero-order valence-electron chi connectivity index (χ0n) is 10.7. The van der Waals surface area contributed by atoms with Gasteiger partial charge in [0.05, 0.1) is 13.7 Å². The van der Waals surface area contributed by atoms with Crippen LogP contribution in [-0.2, 0) is 6.54 Å². The van der Waals surface area contributed by atoms with Crippen molar-refractivity contribution >= 4 is 0 Å². The lowest BCUT2D eigenvalue weighted by molar-refractivity contribution is 0.301. The minimum atomic E-state index is 0.586. The molecule has 1 aromatic rings. The molecule has 0 saturated heterocycles. The van der Waals surface area contributed by atoms with Crippen LogP contribution in [0, 0.1) is 11.8 Å². The second-order valence-electron chi connectivity index (χ2n) is 3.54. The Morgan fingerprint density at radius 3 is 2.76 bits per heavy atom. The van der Waals surface area contributed by atoms with E-state index in [0.29, 0.717) is 6.61 Å². The van der Waals surface area contributed by atoms with E-state index in [-0.39, 0.29) is 0 Å². The third kappa shape index (κ3) is 4.38. The molecule has 0 aliphatic carbocycles. The highest BCUT2D eigenvalue weighted by molar-refractivity contribution is 5.42. The van der Waals surface area contributed by atoms with Gasteiger partial charge in [0, 0.05) is 13.0 Å². The average Bonchev–Trinajstić information content (AvgIpc) is 2.36. The minimum Gasteiger partial charge on any atom is -0.493 e. The molecule has 0 radical (unpaired) electrons. The quantitative estimate of drug-likeness (QED) is 0.603. The Morgan fingerprint density at radius 1 is 1.29 bits per heavy atom. The highest BCUT2D eigenvalue weighted by atomic mass is 16.5. The van der Waals surface area contributed by atoms with Crippen molar-refractivity contribution in [1.82, 2.24) is 5.32 Å². The monoisotopic (exact) mass is 233 g/mol. The van der Waals surface area contributed by atoms with E-state index in [0.717, 1.165) is 24.5 Å². The zero-order valence-corrected chi connectivity index (χ0v) is 10.7. The molecule has 0 amide bonds. The van der Waals surface area contributed by atoms with Crippen molar-refractivity contribution in [2.75, 3.05) is 20.8 Å². The van der Waals surface area contributed by atoms with E-state index in [2.05, 4.69) is 17.2 Å². The predicted octanol–water partition coefficient (Wildman–Crippen LogP) is 2.21. The van der Waals surface area contributed by atoms with Crippen molar-refractivity contribution < 1.29 is 9.47 Å². The molecule has 3 heteroatoms. The standard InChI is InChI=1S/C14H19NO2/c1-4-5-6-9-17-13-8-7-12(11-15-2)10-14(13)16-3/h7-8,10,15H,6,9,11H2,1-3H3. The Bertz CT molecular complexity index is 404. The van der Waals surface area contributed by atoms with E-state index in [1.165, 1.54) is 5.56 Å². The molecule has 0 aliphatic heterocycles. The summed E-state index contributed by atoms with van der Waals surface area (Å²) in [5.74, 6) is 7.34. The van der Waals surface area contributed by atoms with Crippen LogP contribution in [0.3, 0.4) is 0 Å². The van der Waals surface area contributed by atoms with Gasteiger partial charge in [0.25, 0.3) is 0 Å². The van der Waals surface area contributed by atoms with Gasteiger partial charge in [-0.25, -0.2) is 0 Å². The van der Waals surface area contributed by atoms with Crippen LogP contribution in [0.4, 0.5) is 0 Å². The lowest BCUT2D eigenvalue weighted by Crippen LogP contribution is -2.05. The molecule has 0 heterocycles. The van der Waals surface area contributed by atoms with Gasteiger partial charge in [-0.05, 0) is 31.7 Å². The van der Waals surface area contributed by atoms with Gasteiger partial charge in [-0.1, -0.05) is 6.07 Å². The lowest BCUT2D eigenvalue weighted by atomic mass is 10.2. The lowest BCUT2D eigenvalue weighted by Gasteiger charge is -2.11. The molecule has 0 unspecified atom stereocenters. The SMILES string of the molecule is CC#CCCOc1ccc(CNC)cc1OC. The number of rotatable bonds is 6. The van der Waals surface area contributed by atoms with E-state index in [1.54, 1.807) is 7.11 Å². The van der Waals surface area contributed by atoms with Gasteiger partial charge in [0.1, 0.15) is 0 Å². The van der Waals surface area contributed by atoms with Gasteiger partial charge in [0.15, 0.2) is 11.5 Å². The molecule has 1 rings (SSSR count). The van der Waals surface area contributed by atoms with Crippen LogP contribution in [-0.4, -0.2) is 20.8 Å². The zero-order chi connectivity index (χ0) is 12.5. The average molecular weight is 233 g/mol. The summed E-state index contributed by atoms with van der Waals surface area (Å²) in [7, 11) is 3.57. The first kappa shape index (κ1) is 13.4. The van der Waals surface area contributed by atoms with Crippen LogP contribution >= 0.6 is 0 Å². The van der Waals surface area contributed by atoms with Crippen LogP contribution in [0.15, 0.2) is 18.2 Å². The van der Waals surface area contributed by atoms with Crippen molar-refractivity contribution in [3.63, 3.8) is 0 Å². The fourth-order valence-electron chi connectivity index (χ4n) is 1.48. The number of methoxy groups -OCH3 is 1. The summed E-state index contributed by atoms with van der Waals surface area (Å²) in [5, 5.41) is 3.10. The van der Waals surface area contributed by atoms with Gasteiger partial charge < -0.3 is 14.8 Å². The highest BCUT2D eigenvalue weighted by Crippen LogP contribution is 2.28. The summed E-state index contributed by atoms with van der Waals surface area (Å²) in [5.41, 5.74) is 1.17. The fraction of sp³-hybridized carbons (Fsp3) is 0.429. The smallest absolute Gasteiger partial charge is 0.161 e. The van der Waals surface area contributed by atoms with Crippen LogP contribution in [0.5, 0.6) is 11.5 Å². The fourth-order valence-corrected chi connectivity index (χ4v) is 1.48. The van der Waals surface area contributed by atoms with Crippen molar-refractivity contribution in [1.29, 1.82) is 0 Å². The maximum absolute atomic E-state index is 5.62. The number of nitrogens with one attached hydrogen (secondary N) is 1. The van der Waals surface area contributed by atoms with Crippen molar-refractivity contribution in [2.24, 2.45) is 0 Å². The Hall–Kier alpha value is -1.66. The van der Waals surface area contributed by atoms with E-state index in [4.69, 9.17) is 9.47 Å². The first-order chi connectivity index (χ1) is 8.31. The third-order valence-electron chi connectivity index (χ3n) is 2.27. The van der Waals surface area contributed by atoms with Crippen LogP contribution < -0.4 is 14.8 Å². The topological polar surface area (TPSA) is 30.5 Å². The molecule has 0 bridgehead atoms. The maximum atomic E-state index is 5.62. The Balaban J connectivity index is 2.66. The number of ether oxygens (including phenoxy) is 2. The van der Waals surface area contributed by atoms with Crippen molar-refractivity contribution in [3.05, 3.63) is 23.8 Å². The molecular formula is C14H19NO2. The molecule has 0 aliphatic rings. The maximum Gasteiger partial charge on any atom is 0.161 e. The second-order valence-corrected chi connectivity index (χ2v) is 3.54. The van der Waals surface area contributed by atoms with Crippen molar-refractivity contribution in [2.45, 2.75) is 19.9 Å². The first-order valence-corrected chi connectivity index (χ1v) is 5.65. The van der Waals surface area contributed by atoms with Gasteiger partial charge in [-0.3, -0.25) is 0 Å². The molecule has 1 aromatic carbocycles. The molecule has 1 N–H and O–H groups in total. The third-order valence-corrected chi connectivity index (χ3v) is 2.27. The summed E-state index contributed by atoms with van der Waals surface area (Å²) in [6.07, 6.45) is 0.734. The van der Waals surface area contributed by atoms with E-state index in [9.17, 15) is 0 Å². The molecule has 92 valence electrons. The van der Waals surface area contributed by atoms with E-state index < -0.39 is 0 Å². The first-order valence-electron chi connectivity index (χ1n) is 5.65. The number of hydrogen-bond acceptors (Lipinski definition) is 3. The summed E-state index contributed by atoms with van der Waals surface area (Å²) < 4.78 is 10.9. The predicted molar refractivity (Wildman–Crippen MR) is 69.3 cm³/mol. The van der Waals surface area contributed by atoms with Crippen LogP contribution in [0.2, 0.25) is 0 Å². The molecular weight excluding hydrogens is 214 g/mol. The molecule has 0 atom stereocenters. The molecule has 0 spiro atoms. The summed E-state index contributed by atoms with van der Waals surface area (Å²) in [6.45, 7) is 3.23. The molecule has 0 saturated carbocycles. The Morgan fingerprint density at radius 2 is 2.12 bits per heavy atom. The summed E-state index contributed by atoms with van der Waals surface area (Å²) in [6, 6.07) is 5.95. The Labute approximate surface area is 103 Å². The highest BCUT2D eigenvalue weighted by Gasteiger charge is 2.04. The second kappa shape index (κ2) is 7.59. The molecule has 3 nitrogen and oxygen atoms in total. The normalized spacial score (nSPS) is 9.35. The minimum absolute atomic E-state index is 0.586. The van der Waals surface area contributed by atoms with Gasteiger partial charge in [0.2, 0.25) is 0 Å². The van der Waals surface area contributed by atoms with E-state index >= 15 is 0 Å². The van der Waals surface area contributed by atoms with Crippen LogP contribution in [0.1, 0.15) is 18.9 Å². The molecule has 0 fully saturated rings.